The Kier molecular flexibility index (Phi) is 6.33. The maximum atomic E-state index is 12.4. The predicted molar refractivity (Wildman–Crippen MR) is 117 cm³/mol. The van der Waals surface area contributed by atoms with Gasteiger partial charge in [-0.1, -0.05) is 29.2 Å². The Bertz CT molecular complexity index is 1050. The first-order valence-corrected chi connectivity index (χ1v) is 11.6. The van der Waals surface area contributed by atoms with Crippen molar-refractivity contribution in [2.75, 3.05) is 5.32 Å². The Hall–Kier alpha value is -2.46. The largest absolute Gasteiger partial charge is 0.486 e. The summed E-state index contributed by atoms with van der Waals surface area (Å²) >= 11 is 2.69. The Morgan fingerprint density at radius 3 is 2.80 bits per heavy atom. The molecule has 0 fully saturated rings. The third-order valence-corrected chi connectivity index (χ3v) is 6.91. The fourth-order valence-electron chi connectivity index (χ4n) is 3.29. The molecule has 2 heterocycles. The smallest absolute Gasteiger partial charge is 0.239 e. The van der Waals surface area contributed by atoms with Crippen molar-refractivity contribution >= 4 is 34.1 Å². The minimum absolute atomic E-state index is 0.147. The van der Waals surface area contributed by atoms with E-state index in [1.807, 2.05) is 31.5 Å². The lowest BCUT2D eigenvalue weighted by Crippen LogP contribution is -2.22. The number of amides is 1. The number of fused-ring (bicyclic) bond motifs is 1. The van der Waals surface area contributed by atoms with Crippen molar-refractivity contribution in [3.05, 3.63) is 40.2 Å². The van der Waals surface area contributed by atoms with E-state index in [1.54, 1.807) is 0 Å². The zero-order chi connectivity index (χ0) is 21.1. The van der Waals surface area contributed by atoms with Crippen molar-refractivity contribution in [3.8, 4) is 5.75 Å². The lowest BCUT2D eigenvalue weighted by atomic mass is 9.92. The molecule has 8 nitrogen and oxygen atoms in total. The monoisotopic (exact) mass is 444 g/mol. The van der Waals surface area contributed by atoms with Crippen LogP contribution in [0.3, 0.4) is 0 Å². The first-order valence-electron chi connectivity index (χ1n) is 9.90. The number of nitrogens with one attached hydrogen (secondary N) is 1. The average molecular weight is 445 g/mol. The number of aryl methyl sites for hydroxylation is 3. The highest BCUT2D eigenvalue weighted by molar-refractivity contribution is 8.00. The lowest BCUT2D eigenvalue weighted by molar-refractivity contribution is -0.115. The van der Waals surface area contributed by atoms with Gasteiger partial charge in [0.05, 0.1) is 5.25 Å². The summed E-state index contributed by atoms with van der Waals surface area (Å²) in [6, 6.07) is 6.33. The molecule has 0 radical (unpaired) electrons. The summed E-state index contributed by atoms with van der Waals surface area (Å²) in [7, 11) is 1.88. The Morgan fingerprint density at radius 2 is 2.03 bits per heavy atom. The van der Waals surface area contributed by atoms with E-state index in [0.29, 0.717) is 22.7 Å². The number of benzene rings is 1. The molecule has 0 saturated carbocycles. The molecule has 1 N–H and O–H groups in total. The van der Waals surface area contributed by atoms with Crippen LogP contribution in [0.1, 0.15) is 41.7 Å². The molecule has 3 aromatic rings. The fourth-order valence-corrected chi connectivity index (χ4v) is 4.71. The van der Waals surface area contributed by atoms with E-state index in [4.69, 9.17) is 4.74 Å². The molecule has 10 heteroatoms. The molecule has 1 aliphatic rings. The number of rotatable bonds is 7. The number of aromatic nitrogens is 5. The quantitative estimate of drug-likeness (QED) is 0.557. The zero-order valence-electron chi connectivity index (χ0n) is 17.2. The van der Waals surface area contributed by atoms with Crippen molar-refractivity contribution in [2.24, 2.45) is 7.05 Å². The second-order valence-electron chi connectivity index (χ2n) is 7.26. The summed E-state index contributed by atoms with van der Waals surface area (Å²) in [6.45, 7) is 4.00. The molecule has 0 bridgehead atoms. The Labute approximate surface area is 183 Å². The Balaban J connectivity index is 1.34. The third kappa shape index (κ3) is 4.81. The van der Waals surface area contributed by atoms with Crippen LogP contribution in [-0.4, -0.2) is 36.1 Å². The van der Waals surface area contributed by atoms with Gasteiger partial charge >= 0.3 is 0 Å². The van der Waals surface area contributed by atoms with Crippen molar-refractivity contribution in [2.45, 2.75) is 56.5 Å². The van der Waals surface area contributed by atoms with Gasteiger partial charge in [0.1, 0.15) is 17.4 Å². The van der Waals surface area contributed by atoms with Crippen LogP contribution in [0.5, 0.6) is 5.75 Å². The molecule has 4 rings (SSSR count). The number of hydrogen-bond acceptors (Lipinski definition) is 8. The fraction of sp³-hybridized carbons (Fsp3) is 0.450. The summed E-state index contributed by atoms with van der Waals surface area (Å²) in [5.74, 6) is 1.42. The summed E-state index contributed by atoms with van der Waals surface area (Å²) < 4.78 is 7.82. The van der Waals surface area contributed by atoms with Gasteiger partial charge in [0.2, 0.25) is 11.0 Å². The normalized spacial score (nSPS) is 14.2. The molecule has 1 amide bonds. The minimum atomic E-state index is -0.355. The van der Waals surface area contributed by atoms with Crippen LogP contribution in [0.25, 0.3) is 0 Å². The van der Waals surface area contributed by atoms with Crippen molar-refractivity contribution < 1.29 is 9.53 Å². The molecule has 158 valence electrons. The van der Waals surface area contributed by atoms with Gasteiger partial charge in [-0.15, -0.1) is 20.4 Å². The third-order valence-electron chi connectivity index (χ3n) is 5.02. The van der Waals surface area contributed by atoms with E-state index in [1.165, 1.54) is 47.1 Å². The summed E-state index contributed by atoms with van der Waals surface area (Å²) in [5.41, 5.74) is 2.82. The van der Waals surface area contributed by atoms with Crippen LogP contribution in [0.4, 0.5) is 5.13 Å². The zero-order valence-corrected chi connectivity index (χ0v) is 18.8. The summed E-state index contributed by atoms with van der Waals surface area (Å²) in [4.78, 5) is 12.4. The SMILES string of the molecule is Cc1nnc(NC(=O)[C@H](C)Sc2nnc(COc3ccc4c(c3)CCCC4)n2C)s1. The van der Waals surface area contributed by atoms with E-state index >= 15 is 0 Å². The first kappa shape index (κ1) is 20.8. The number of anilines is 1. The summed E-state index contributed by atoms with van der Waals surface area (Å²) in [5, 5.41) is 20.7. The van der Waals surface area contributed by atoms with E-state index in [9.17, 15) is 4.79 Å². The highest BCUT2D eigenvalue weighted by atomic mass is 32.2. The highest BCUT2D eigenvalue weighted by Crippen LogP contribution is 2.27. The van der Waals surface area contributed by atoms with Crippen LogP contribution in [0.2, 0.25) is 0 Å². The number of carbonyl (C=O) groups excluding carboxylic acids is 1. The van der Waals surface area contributed by atoms with Crippen LogP contribution in [-0.2, 0) is 31.3 Å². The standard InChI is InChI=1S/C20H24N6O2S2/c1-12(18(27)21-19-24-22-13(2)30-19)29-20-25-23-17(26(20)3)11-28-16-9-8-14-6-4-5-7-15(14)10-16/h8-10,12H,4-7,11H2,1-3H3,(H,21,24,27)/t12-/m0/s1. The van der Waals surface area contributed by atoms with Gasteiger partial charge < -0.3 is 9.30 Å². The lowest BCUT2D eigenvalue weighted by Gasteiger charge is -2.16. The van der Waals surface area contributed by atoms with E-state index < -0.39 is 0 Å². The van der Waals surface area contributed by atoms with E-state index in [2.05, 4.69) is 37.8 Å². The predicted octanol–water partition coefficient (Wildman–Crippen LogP) is 3.55. The second kappa shape index (κ2) is 9.13. The average Bonchev–Trinajstić information content (AvgIpc) is 3.31. The molecule has 0 aliphatic heterocycles. The van der Waals surface area contributed by atoms with Gasteiger partial charge in [0.15, 0.2) is 11.0 Å². The minimum Gasteiger partial charge on any atom is -0.486 e. The molecule has 0 spiro atoms. The number of carbonyl (C=O) groups is 1. The van der Waals surface area contributed by atoms with Crippen LogP contribution in [0, 0.1) is 6.92 Å². The van der Waals surface area contributed by atoms with Crippen molar-refractivity contribution in [3.63, 3.8) is 0 Å². The van der Waals surface area contributed by atoms with Gasteiger partial charge in [-0.25, -0.2) is 0 Å². The van der Waals surface area contributed by atoms with Crippen LogP contribution < -0.4 is 10.1 Å². The molecule has 0 saturated heterocycles. The number of ether oxygens (including phenoxy) is 1. The number of thioether (sulfide) groups is 1. The molecule has 1 aromatic carbocycles. The molecule has 30 heavy (non-hydrogen) atoms. The van der Waals surface area contributed by atoms with Gasteiger partial charge in [-0.3, -0.25) is 10.1 Å². The number of hydrogen-bond donors (Lipinski definition) is 1. The van der Waals surface area contributed by atoms with Gasteiger partial charge in [-0.05, 0) is 62.8 Å². The Morgan fingerprint density at radius 1 is 1.23 bits per heavy atom. The van der Waals surface area contributed by atoms with E-state index in [-0.39, 0.29) is 11.2 Å². The van der Waals surface area contributed by atoms with Crippen LogP contribution in [0.15, 0.2) is 23.4 Å². The van der Waals surface area contributed by atoms with E-state index in [0.717, 1.165) is 23.6 Å². The first-order chi connectivity index (χ1) is 14.5. The molecule has 2 aromatic heterocycles. The molecule has 0 unspecified atom stereocenters. The highest BCUT2D eigenvalue weighted by Gasteiger charge is 2.20. The van der Waals surface area contributed by atoms with Crippen molar-refractivity contribution in [1.29, 1.82) is 0 Å². The summed E-state index contributed by atoms with van der Waals surface area (Å²) in [6.07, 6.45) is 4.78. The van der Waals surface area contributed by atoms with Crippen molar-refractivity contribution in [1.82, 2.24) is 25.0 Å². The second-order valence-corrected chi connectivity index (χ2v) is 9.75. The molecular formula is C20H24N6O2S2. The van der Waals surface area contributed by atoms with Gasteiger partial charge in [0, 0.05) is 7.05 Å². The molecule has 1 aliphatic carbocycles. The topological polar surface area (TPSA) is 94.8 Å². The maximum absolute atomic E-state index is 12.4. The van der Waals surface area contributed by atoms with Gasteiger partial charge in [0.25, 0.3) is 0 Å². The maximum Gasteiger partial charge on any atom is 0.239 e. The van der Waals surface area contributed by atoms with Gasteiger partial charge in [-0.2, -0.15) is 0 Å². The molecular weight excluding hydrogens is 420 g/mol. The van der Waals surface area contributed by atoms with Crippen LogP contribution >= 0.6 is 23.1 Å². The molecule has 1 atom stereocenters. The number of nitrogens with zero attached hydrogens (tertiary/aromatic N) is 5.